The number of carbonyl (C=O) groups excluding carboxylic acids is 2. The number of carbonyl (C=O) groups is 2. The summed E-state index contributed by atoms with van der Waals surface area (Å²) in [4.78, 5) is 25.6. The molecule has 1 aliphatic rings. The zero-order chi connectivity index (χ0) is 19.3. The number of likely N-dealkylation sites (N-methyl/N-ethyl adjacent to an activating group) is 1. The topological polar surface area (TPSA) is 84.0 Å². The van der Waals surface area contributed by atoms with E-state index in [1.165, 1.54) is 7.05 Å². The normalized spacial score (nSPS) is 18.0. The summed E-state index contributed by atoms with van der Waals surface area (Å²) in [6.45, 7) is 1.63. The average Bonchev–Trinajstić information content (AvgIpc) is 2.60. The lowest BCUT2D eigenvalue weighted by molar-refractivity contribution is -0.153. The van der Waals surface area contributed by atoms with Crippen molar-refractivity contribution in [1.29, 1.82) is 0 Å². The fraction of sp³-hybridized carbons (Fsp3) is 0.529. The van der Waals surface area contributed by atoms with Crippen LogP contribution in [0.3, 0.4) is 0 Å². The van der Waals surface area contributed by atoms with E-state index in [0.29, 0.717) is 6.54 Å². The van der Waals surface area contributed by atoms with Crippen LogP contribution >= 0.6 is 0 Å². The minimum atomic E-state index is -3.95. The van der Waals surface area contributed by atoms with Crippen molar-refractivity contribution < 1.29 is 27.1 Å². The molecule has 1 amide bonds. The summed E-state index contributed by atoms with van der Waals surface area (Å²) in [5.74, 6) is -1.66. The molecule has 2 rings (SSSR count). The molecule has 9 heteroatoms. The highest BCUT2D eigenvalue weighted by atomic mass is 32.2. The molecule has 144 valence electrons. The Labute approximate surface area is 152 Å². The summed E-state index contributed by atoms with van der Waals surface area (Å²) in [5.41, 5.74) is 0. The zero-order valence-electron chi connectivity index (χ0n) is 14.9. The molecule has 0 radical (unpaired) electrons. The zero-order valence-corrected chi connectivity index (χ0v) is 15.7. The van der Waals surface area contributed by atoms with E-state index in [1.54, 1.807) is 4.90 Å². The Bertz CT molecular complexity index is 751. The monoisotopic (exact) mass is 386 g/mol. The number of sulfonamides is 1. The number of halogens is 1. The van der Waals surface area contributed by atoms with Crippen LogP contribution in [0.4, 0.5) is 4.39 Å². The Morgan fingerprint density at radius 2 is 1.92 bits per heavy atom. The third-order valence-corrected chi connectivity index (χ3v) is 6.17. The standard InChI is InChI=1S/C17H23FN2O5S/c1-13-5-3-4-10-20(13)16(21)12-25-17(22)11-19(2)26(23,24)15-8-6-14(18)7-9-15/h6-9,13H,3-5,10-12H2,1-2H3/t13-/m1/s1. The van der Waals surface area contributed by atoms with Gasteiger partial charge in [0.2, 0.25) is 10.0 Å². The molecule has 0 unspecified atom stereocenters. The number of hydrogen-bond acceptors (Lipinski definition) is 5. The molecule has 1 heterocycles. The summed E-state index contributed by atoms with van der Waals surface area (Å²) in [6, 6.07) is 4.40. The molecule has 0 spiro atoms. The van der Waals surface area contributed by atoms with Crippen LogP contribution in [0.2, 0.25) is 0 Å². The van der Waals surface area contributed by atoms with Crippen LogP contribution in [-0.2, 0) is 24.3 Å². The van der Waals surface area contributed by atoms with Crippen molar-refractivity contribution in [1.82, 2.24) is 9.21 Å². The van der Waals surface area contributed by atoms with Crippen LogP contribution in [0.25, 0.3) is 0 Å². The molecule has 1 aromatic carbocycles. The molecular weight excluding hydrogens is 363 g/mol. The summed E-state index contributed by atoms with van der Waals surface area (Å²) in [5, 5.41) is 0. The van der Waals surface area contributed by atoms with Crippen LogP contribution in [-0.4, -0.2) is 62.3 Å². The van der Waals surface area contributed by atoms with Gasteiger partial charge >= 0.3 is 5.97 Å². The summed E-state index contributed by atoms with van der Waals surface area (Å²) < 4.78 is 43.3. The summed E-state index contributed by atoms with van der Waals surface area (Å²) in [7, 11) is -2.73. The van der Waals surface area contributed by atoms with Crippen molar-refractivity contribution in [2.24, 2.45) is 0 Å². The molecule has 7 nitrogen and oxygen atoms in total. The van der Waals surface area contributed by atoms with Crippen molar-refractivity contribution in [3.63, 3.8) is 0 Å². The van der Waals surface area contributed by atoms with Gasteiger partial charge in [0.15, 0.2) is 6.61 Å². The first-order valence-electron chi connectivity index (χ1n) is 8.39. The second-order valence-corrected chi connectivity index (χ2v) is 8.35. The Morgan fingerprint density at radius 3 is 2.54 bits per heavy atom. The summed E-state index contributed by atoms with van der Waals surface area (Å²) >= 11 is 0. The predicted octanol–water partition coefficient (Wildman–Crippen LogP) is 1.39. The SMILES string of the molecule is C[C@@H]1CCCCN1C(=O)COC(=O)CN(C)S(=O)(=O)c1ccc(F)cc1. The molecule has 1 fully saturated rings. The highest BCUT2D eigenvalue weighted by Crippen LogP contribution is 2.17. The van der Waals surface area contributed by atoms with Crippen LogP contribution in [0, 0.1) is 5.82 Å². The van der Waals surface area contributed by atoms with Gasteiger partial charge in [-0.15, -0.1) is 0 Å². The maximum atomic E-state index is 12.9. The first-order chi connectivity index (χ1) is 12.2. The van der Waals surface area contributed by atoms with Crippen LogP contribution < -0.4 is 0 Å². The molecule has 1 saturated heterocycles. The fourth-order valence-electron chi connectivity index (χ4n) is 2.79. The summed E-state index contributed by atoms with van der Waals surface area (Å²) in [6.07, 6.45) is 2.90. The minimum absolute atomic E-state index is 0.108. The number of esters is 1. The van der Waals surface area contributed by atoms with Crippen molar-refractivity contribution >= 4 is 21.9 Å². The number of nitrogens with zero attached hydrogens (tertiary/aromatic N) is 2. The lowest BCUT2D eigenvalue weighted by Gasteiger charge is -2.33. The van der Waals surface area contributed by atoms with Gasteiger partial charge in [0.05, 0.1) is 4.90 Å². The second-order valence-electron chi connectivity index (χ2n) is 6.31. The lowest BCUT2D eigenvalue weighted by atomic mass is 10.0. The molecule has 0 aliphatic carbocycles. The van der Waals surface area contributed by atoms with Gasteiger partial charge in [-0.2, -0.15) is 4.31 Å². The quantitative estimate of drug-likeness (QED) is 0.690. The van der Waals surface area contributed by atoms with E-state index in [2.05, 4.69) is 0 Å². The number of piperidine rings is 1. The minimum Gasteiger partial charge on any atom is -0.455 e. The van der Waals surface area contributed by atoms with Gasteiger partial charge in [-0.25, -0.2) is 12.8 Å². The first-order valence-corrected chi connectivity index (χ1v) is 9.83. The number of benzene rings is 1. The Morgan fingerprint density at radius 1 is 1.27 bits per heavy atom. The van der Waals surface area contributed by atoms with Crippen LogP contribution in [0.5, 0.6) is 0 Å². The third kappa shape index (κ3) is 5.01. The van der Waals surface area contributed by atoms with Crippen molar-refractivity contribution in [3.8, 4) is 0 Å². The van der Waals surface area contributed by atoms with E-state index in [9.17, 15) is 22.4 Å². The second kappa shape index (κ2) is 8.59. The van der Waals surface area contributed by atoms with Crippen molar-refractivity contribution in [2.75, 3.05) is 26.7 Å². The van der Waals surface area contributed by atoms with E-state index in [0.717, 1.165) is 47.8 Å². The third-order valence-electron chi connectivity index (χ3n) is 4.35. The van der Waals surface area contributed by atoms with Gasteiger partial charge in [-0.3, -0.25) is 9.59 Å². The van der Waals surface area contributed by atoms with E-state index in [1.807, 2.05) is 6.92 Å². The molecule has 0 saturated carbocycles. The predicted molar refractivity (Wildman–Crippen MR) is 92.2 cm³/mol. The average molecular weight is 386 g/mol. The van der Waals surface area contributed by atoms with Gasteiger partial charge in [0.1, 0.15) is 12.4 Å². The molecule has 1 aliphatic heterocycles. The van der Waals surface area contributed by atoms with Crippen LogP contribution in [0.15, 0.2) is 29.2 Å². The highest BCUT2D eigenvalue weighted by molar-refractivity contribution is 7.89. The number of rotatable bonds is 6. The van der Waals surface area contributed by atoms with Crippen molar-refractivity contribution in [2.45, 2.75) is 37.1 Å². The van der Waals surface area contributed by atoms with Gasteiger partial charge in [-0.1, -0.05) is 0 Å². The molecule has 1 atom stereocenters. The lowest BCUT2D eigenvalue weighted by Crippen LogP contribution is -2.44. The maximum absolute atomic E-state index is 12.9. The van der Waals surface area contributed by atoms with Gasteiger partial charge in [-0.05, 0) is 50.5 Å². The van der Waals surface area contributed by atoms with Crippen LogP contribution in [0.1, 0.15) is 26.2 Å². The van der Waals surface area contributed by atoms with Crippen molar-refractivity contribution in [3.05, 3.63) is 30.1 Å². The van der Waals surface area contributed by atoms with E-state index < -0.39 is 35.0 Å². The molecule has 0 N–H and O–H groups in total. The van der Waals surface area contributed by atoms with Gasteiger partial charge < -0.3 is 9.64 Å². The number of hydrogen-bond donors (Lipinski definition) is 0. The molecular formula is C17H23FN2O5S. The highest BCUT2D eigenvalue weighted by Gasteiger charge is 2.26. The molecule has 1 aromatic rings. The smallest absolute Gasteiger partial charge is 0.321 e. The number of likely N-dealkylation sites (tertiary alicyclic amines) is 1. The van der Waals surface area contributed by atoms with E-state index >= 15 is 0 Å². The van der Waals surface area contributed by atoms with Gasteiger partial charge in [0.25, 0.3) is 5.91 Å². The molecule has 0 bridgehead atoms. The molecule has 0 aromatic heterocycles. The fourth-order valence-corrected chi connectivity index (χ4v) is 3.91. The first kappa shape index (κ1) is 20.3. The maximum Gasteiger partial charge on any atom is 0.321 e. The van der Waals surface area contributed by atoms with E-state index in [-0.39, 0.29) is 16.8 Å². The molecule has 26 heavy (non-hydrogen) atoms. The Hall–Kier alpha value is -2.00. The number of ether oxygens (including phenoxy) is 1. The van der Waals surface area contributed by atoms with Gasteiger partial charge in [0, 0.05) is 19.6 Å². The van der Waals surface area contributed by atoms with E-state index in [4.69, 9.17) is 4.74 Å². The number of amides is 1. The Balaban J connectivity index is 1.88. The largest absolute Gasteiger partial charge is 0.455 e. The Kier molecular flexibility index (Phi) is 6.71.